The van der Waals surface area contributed by atoms with Crippen molar-refractivity contribution in [2.75, 3.05) is 13.1 Å². The summed E-state index contributed by atoms with van der Waals surface area (Å²) in [5.74, 6) is -0.136. The molecule has 1 N–H and O–H groups in total. The van der Waals surface area contributed by atoms with Gasteiger partial charge in [-0.15, -0.1) is 12.4 Å². The van der Waals surface area contributed by atoms with Crippen LogP contribution in [0.1, 0.15) is 61.9 Å². The first-order chi connectivity index (χ1) is 8.88. The van der Waals surface area contributed by atoms with Crippen molar-refractivity contribution in [3.05, 3.63) is 23.2 Å². The summed E-state index contributed by atoms with van der Waals surface area (Å²) in [5.41, 5.74) is 0.852. The molecule has 20 heavy (non-hydrogen) atoms. The summed E-state index contributed by atoms with van der Waals surface area (Å²) in [6, 6.07) is 1.69. The summed E-state index contributed by atoms with van der Waals surface area (Å²) in [5, 5.41) is 9.09. The molecule has 114 valence electrons. The van der Waals surface area contributed by atoms with Crippen LogP contribution in [0, 0.1) is 0 Å². The van der Waals surface area contributed by atoms with E-state index in [1.54, 1.807) is 6.07 Å². The lowest BCUT2D eigenvalue weighted by molar-refractivity contribution is 0.0658. The lowest BCUT2D eigenvalue weighted by Crippen LogP contribution is -2.30. The van der Waals surface area contributed by atoms with Crippen molar-refractivity contribution in [1.29, 1.82) is 0 Å². The van der Waals surface area contributed by atoms with Gasteiger partial charge in [-0.2, -0.15) is 0 Å². The fourth-order valence-electron chi connectivity index (χ4n) is 2.64. The Bertz CT molecular complexity index is 456. The Morgan fingerprint density at radius 3 is 2.40 bits per heavy atom. The number of nitrogens with zero attached hydrogens (tertiary/aromatic N) is 1. The lowest BCUT2D eigenvalue weighted by Gasteiger charge is -2.27. The number of hydrogen-bond donors (Lipinski definition) is 1. The summed E-state index contributed by atoms with van der Waals surface area (Å²) in [6.07, 6.45) is 3.76. The van der Waals surface area contributed by atoms with E-state index in [1.807, 2.05) is 0 Å². The van der Waals surface area contributed by atoms with E-state index in [2.05, 4.69) is 25.7 Å². The van der Waals surface area contributed by atoms with Gasteiger partial charge in [-0.05, 0) is 32.0 Å². The fraction of sp³-hybridized carbons (Fsp3) is 0.667. The molecule has 2 heterocycles. The molecule has 0 aliphatic carbocycles. The molecule has 1 aliphatic rings. The van der Waals surface area contributed by atoms with E-state index in [0.29, 0.717) is 0 Å². The monoisotopic (exact) mass is 301 g/mol. The standard InChI is InChI=1S/C15H23NO3.ClH/c1-15(2,3)13-11(9-12(19-13)14(17)18)10-16-7-5-4-6-8-16;/h9H,4-8,10H2,1-3H3,(H,17,18);1H. The highest BCUT2D eigenvalue weighted by Gasteiger charge is 2.26. The third kappa shape index (κ3) is 4.00. The molecule has 0 atom stereocenters. The van der Waals surface area contributed by atoms with Gasteiger partial charge in [-0.1, -0.05) is 27.2 Å². The summed E-state index contributed by atoms with van der Waals surface area (Å²) in [4.78, 5) is 13.5. The van der Waals surface area contributed by atoms with E-state index in [1.165, 1.54) is 19.3 Å². The summed E-state index contributed by atoms with van der Waals surface area (Å²) >= 11 is 0. The minimum atomic E-state index is -0.990. The molecular formula is C15H24ClNO3. The van der Waals surface area contributed by atoms with Crippen LogP contribution in [-0.2, 0) is 12.0 Å². The molecule has 1 aromatic rings. The molecule has 5 heteroatoms. The number of carboxylic acid groups (broad SMARTS) is 1. The first-order valence-electron chi connectivity index (χ1n) is 6.97. The zero-order valence-electron chi connectivity index (χ0n) is 12.4. The van der Waals surface area contributed by atoms with Crippen LogP contribution in [0.15, 0.2) is 10.5 Å². The molecule has 4 nitrogen and oxygen atoms in total. The Labute approximate surface area is 126 Å². The van der Waals surface area contributed by atoms with Crippen LogP contribution in [0.4, 0.5) is 0 Å². The Hall–Kier alpha value is -1.00. The lowest BCUT2D eigenvalue weighted by atomic mass is 9.90. The number of furan rings is 1. The number of carboxylic acids is 1. The molecule has 2 rings (SSSR count). The van der Waals surface area contributed by atoms with Gasteiger partial charge in [-0.25, -0.2) is 4.79 Å². The van der Waals surface area contributed by atoms with Gasteiger partial charge in [0.25, 0.3) is 0 Å². The minimum Gasteiger partial charge on any atom is -0.475 e. The zero-order valence-corrected chi connectivity index (χ0v) is 13.3. The smallest absolute Gasteiger partial charge is 0.371 e. The number of piperidine rings is 1. The highest BCUT2D eigenvalue weighted by molar-refractivity contribution is 5.85. The second-order valence-electron chi connectivity index (χ2n) is 6.36. The Balaban J connectivity index is 0.00000200. The van der Waals surface area contributed by atoms with Gasteiger partial charge in [0.15, 0.2) is 0 Å². The third-order valence-corrected chi connectivity index (χ3v) is 3.54. The van der Waals surface area contributed by atoms with Gasteiger partial charge < -0.3 is 9.52 Å². The molecule has 0 amide bonds. The van der Waals surface area contributed by atoms with Crippen molar-refractivity contribution in [2.24, 2.45) is 0 Å². The van der Waals surface area contributed by atoms with Crippen molar-refractivity contribution in [1.82, 2.24) is 4.90 Å². The number of carbonyl (C=O) groups is 1. The van der Waals surface area contributed by atoms with Gasteiger partial charge in [0, 0.05) is 17.5 Å². The van der Waals surface area contributed by atoms with Gasteiger partial charge >= 0.3 is 5.97 Å². The van der Waals surface area contributed by atoms with E-state index in [9.17, 15) is 4.79 Å². The van der Waals surface area contributed by atoms with Crippen molar-refractivity contribution in [3.8, 4) is 0 Å². The SMILES string of the molecule is CC(C)(C)c1oc(C(=O)O)cc1CN1CCCCC1.Cl. The van der Waals surface area contributed by atoms with Crippen LogP contribution in [0.3, 0.4) is 0 Å². The average molecular weight is 302 g/mol. The summed E-state index contributed by atoms with van der Waals surface area (Å²) in [6.45, 7) is 9.14. The predicted molar refractivity (Wildman–Crippen MR) is 80.7 cm³/mol. The van der Waals surface area contributed by atoms with E-state index in [0.717, 1.165) is 31.0 Å². The molecule has 1 aromatic heterocycles. The Morgan fingerprint density at radius 1 is 1.30 bits per heavy atom. The second-order valence-corrected chi connectivity index (χ2v) is 6.36. The van der Waals surface area contributed by atoms with E-state index in [4.69, 9.17) is 9.52 Å². The largest absolute Gasteiger partial charge is 0.475 e. The fourth-order valence-corrected chi connectivity index (χ4v) is 2.64. The molecule has 0 radical (unpaired) electrons. The predicted octanol–water partition coefficient (Wildman–Crippen LogP) is 3.68. The van der Waals surface area contributed by atoms with E-state index in [-0.39, 0.29) is 23.6 Å². The summed E-state index contributed by atoms with van der Waals surface area (Å²) < 4.78 is 5.56. The third-order valence-electron chi connectivity index (χ3n) is 3.54. The molecule has 1 saturated heterocycles. The highest BCUT2D eigenvalue weighted by Crippen LogP contribution is 2.30. The van der Waals surface area contributed by atoms with Crippen molar-refractivity contribution < 1.29 is 14.3 Å². The van der Waals surface area contributed by atoms with Gasteiger partial charge in [0.05, 0.1) is 0 Å². The molecule has 0 saturated carbocycles. The summed E-state index contributed by atoms with van der Waals surface area (Å²) in [7, 11) is 0. The molecule has 1 fully saturated rings. The average Bonchev–Trinajstić information content (AvgIpc) is 2.74. The highest BCUT2D eigenvalue weighted by atomic mass is 35.5. The van der Waals surface area contributed by atoms with E-state index >= 15 is 0 Å². The molecule has 1 aliphatic heterocycles. The maximum Gasteiger partial charge on any atom is 0.371 e. The number of likely N-dealkylation sites (tertiary alicyclic amines) is 1. The molecule has 0 unspecified atom stereocenters. The molecule has 0 spiro atoms. The van der Waals surface area contributed by atoms with Crippen LogP contribution in [0.25, 0.3) is 0 Å². The quantitative estimate of drug-likeness (QED) is 0.925. The molecule has 0 bridgehead atoms. The molecular weight excluding hydrogens is 278 g/mol. The van der Waals surface area contributed by atoms with Crippen molar-refractivity contribution >= 4 is 18.4 Å². The Morgan fingerprint density at radius 2 is 1.90 bits per heavy atom. The minimum absolute atomic E-state index is 0. The van der Waals surface area contributed by atoms with Crippen LogP contribution >= 0.6 is 12.4 Å². The first kappa shape index (κ1) is 17.1. The van der Waals surface area contributed by atoms with Crippen LogP contribution < -0.4 is 0 Å². The van der Waals surface area contributed by atoms with Gasteiger partial charge in [-0.3, -0.25) is 4.90 Å². The van der Waals surface area contributed by atoms with Gasteiger partial charge in [0.2, 0.25) is 5.76 Å². The van der Waals surface area contributed by atoms with Crippen LogP contribution in [0.2, 0.25) is 0 Å². The van der Waals surface area contributed by atoms with Crippen molar-refractivity contribution in [3.63, 3.8) is 0 Å². The maximum atomic E-state index is 11.1. The number of halogens is 1. The second kappa shape index (κ2) is 6.64. The van der Waals surface area contributed by atoms with Crippen LogP contribution in [0.5, 0.6) is 0 Å². The number of hydrogen-bond acceptors (Lipinski definition) is 3. The molecule has 0 aromatic carbocycles. The number of rotatable bonds is 3. The first-order valence-corrected chi connectivity index (χ1v) is 6.97. The zero-order chi connectivity index (χ0) is 14.0. The maximum absolute atomic E-state index is 11.1. The normalized spacial score (nSPS) is 16.8. The van der Waals surface area contributed by atoms with E-state index < -0.39 is 5.97 Å². The van der Waals surface area contributed by atoms with Gasteiger partial charge in [0.1, 0.15) is 5.76 Å². The number of aromatic carboxylic acids is 1. The topological polar surface area (TPSA) is 53.7 Å². The van der Waals surface area contributed by atoms with Crippen molar-refractivity contribution in [2.45, 2.75) is 52.0 Å². The Kier molecular flexibility index (Phi) is 5.66. The van der Waals surface area contributed by atoms with Crippen LogP contribution in [-0.4, -0.2) is 29.1 Å².